The second kappa shape index (κ2) is 14.3. The van der Waals surface area contributed by atoms with Gasteiger partial charge in [0.1, 0.15) is 40.2 Å². The van der Waals surface area contributed by atoms with Crippen LogP contribution in [0.25, 0.3) is 0 Å². The highest BCUT2D eigenvalue weighted by Gasteiger charge is 2.37. The van der Waals surface area contributed by atoms with Gasteiger partial charge in [-0.3, -0.25) is 9.79 Å². The number of aliphatic imine (C=N–C) groups is 1. The third kappa shape index (κ3) is 8.75. The van der Waals surface area contributed by atoms with E-state index in [1.165, 1.54) is 4.90 Å². The minimum atomic E-state index is -4.88. The van der Waals surface area contributed by atoms with Gasteiger partial charge in [-0.15, -0.1) is 0 Å². The van der Waals surface area contributed by atoms with Gasteiger partial charge in [-0.1, -0.05) is 37.7 Å². The maximum Gasteiger partial charge on any atom is 0.418 e. The number of alkyl halides is 4. The summed E-state index contributed by atoms with van der Waals surface area (Å²) in [5.41, 5.74) is 4.57. The summed E-state index contributed by atoms with van der Waals surface area (Å²) >= 11 is 11.2. The number of benzene rings is 2. The lowest BCUT2D eigenvalue weighted by molar-refractivity contribution is -0.137. The number of thiocarbonyl (C=S) groups is 1. The number of carboxylic acids is 1. The summed E-state index contributed by atoms with van der Waals surface area (Å²) in [6.07, 6.45) is -5.56. The fourth-order valence-corrected chi connectivity index (χ4v) is 4.96. The van der Waals surface area contributed by atoms with Crippen LogP contribution in [-0.4, -0.2) is 54.2 Å². The first-order chi connectivity index (χ1) is 20.1. The Hall–Kier alpha value is -3.52. The Morgan fingerprint density at radius 3 is 2.56 bits per heavy atom. The van der Waals surface area contributed by atoms with Crippen molar-refractivity contribution in [3.8, 4) is 5.75 Å². The topological polar surface area (TPSA) is 100 Å². The van der Waals surface area contributed by atoms with Gasteiger partial charge in [-0.25, -0.2) is 13.2 Å². The average molecular weight is 651 g/mol. The Morgan fingerprint density at radius 1 is 1.30 bits per heavy atom. The van der Waals surface area contributed by atoms with Crippen LogP contribution in [0.5, 0.6) is 5.75 Å². The van der Waals surface area contributed by atoms with Crippen LogP contribution in [0.4, 0.5) is 37.7 Å². The van der Waals surface area contributed by atoms with E-state index in [1.807, 2.05) is 0 Å². The molecule has 0 saturated carbocycles. The van der Waals surface area contributed by atoms with Crippen LogP contribution in [0.2, 0.25) is 5.02 Å². The first-order valence-corrected chi connectivity index (χ1v) is 13.8. The van der Waals surface area contributed by atoms with E-state index in [1.54, 1.807) is 13.8 Å². The molecular weight excluding hydrogens is 622 g/mol. The molecule has 1 fully saturated rings. The molecule has 1 heterocycles. The van der Waals surface area contributed by atoms with E-state index >= 15 is 0 Å². The van der Waals surface area contributed by atoms with Gasteiger partial charge in [0, 0.05) is 48.4 Å². The second-order valence-electron chi connectivity index (χ2n) is 9.93. The molecule has 1 aliphatic rings. The van der Waals surface area contributed by atoms with Gasteiger partial charge in [-0.05, 0) is 30.0 Å². The molecule has 0 aliphatic carbocycles. The minimum absolute atomic E-state index is 0.0244. The zero-order valence-electron chi connectivity index (χ0n) is 23.1. The molecule has 3 rings (SSSR count). The second-order valence-corrected chi connectivity index (χ2v) is 10.7. The maximum absolute atomic E-state index is 14.2. The van der Waals surface area contributed by atoms with Gasteiger partial charge in [0.25, 0.3) is 0 Å². The van der Waals surface area contributed by atoms with Crippen LogP contribution in [0, 0.1) is 17.6 Å². The number of nitrogens with one attached hydrogen (secondary N) is 1. The average Bonchev–Trinajstić information content (AvgIpc) is 3.33. The lowest BCUT2D eigenvalue weighted by Crippen LogP contribution is -2.27. The number of hydrogen-bond acceptors (Lipinski definition) is 6. The normalized spacial score (nSPS) is 16.1. The molecule has 0 unspecified atom stereocenters. The first kappa shape index (κ1) is 34.0. The van der Waals surface area contributed by atoms with E-state index in [-0.39, 0.29) is 66.1 Å². The van der Waals surface area contributed by atoms with Crippen molar-refractivity contribution in [3.63, 3.8) is 0 Å². The van der Waals surface area contributed by atoms with E-state index in [9.17, 15) is 36.2 Å². The molecule has 15 heteroatoms. The van der Waals surface area contributed by atoms with Crippen molar-refractivity contribution in [3.05, 3.63) is 63.8 Å². The Labute approximate surface area is 254 Å². The summed E-state index contributed by atoms with van der Waals surface area (Å²) in [6.45, 7) is 3.23. The van der Waals surface area contributed by atoms with Crippen molar-refractivity contribution in [2.75, 3.05) is 36.5 Å². The molecule has 0 spiro atoms. The minimum Gasteiger partial charge on any atom is -0.490 e. The zero-order valence-corrected chi connectivity index (χ0v) is 24.6. The van der Waals surface area contributed by atoms with E-state index in [0.29, 0.717) is 11.8 Å². The predicted molar refractivity (Wildman–Crippen MR) is 157 cm³/mol. The van der Waals surface area contributed by atoms with Gasteiger partial charge >= 0.3 is 12.1 Å². The van der Waals surface area contributed by atoms with Gasteiger partial charge in [0.2, 0.25) is 0 Å². The lowest BCUT2D eigenvalue weighted by atomic mass is 9.99. The Morgan fingerprint density at radius 2 is 2.00 bits per heavy atom. The largest absolute Gasteiger partial charge is 0.490 e. The monoisotopic (exact) mass is 650 g/mol. The molecule has 0 radical (unpaired) electrons. The highest BCUT2D eigenvalue weighted by molar-refractivity contribution is 7.81. The fraction of sp³-hybridized carbons (Fsp3) is 0.393. The van der Waals surface area contributed by atoms with E-state index < -0.39 is 52.6 Å². The van der Waals surface area contributed by atoms with Gasteiger partial charge in [0.05, 0.1) is 24.2 Å². The number of aliphatic carboxylic acids is 1. The van der Waals surface area contributed by atoms with Crippen LogP contribution in [0.1, 0.15) is 31.4 Å². The van der Waals surface area contributed by atoms with Crippen molar-refractivity contribution < 1.29 is 41.0 Å². The number of halogens is 7. The standard InChI is InChI=1S/C28H29ClF6N4O3S/c1-14(2)26(37-4-6-42-23-10-17(31)9-20(32)25(23)29)18(12-36)27(43)38-21-7-15(8-24(40)41)22(11-19(21)28(33,34)35)39-5-3-16(30)13-39/h7,9-12,14,16H,3-6,8,13,36H2,1-2H3,(H,38,43)(H,40,41)/t16-/m1/s1. The molecule has 1 atom stereocenters. The summed E-state index contributed by atoms with van der Waals surface area (Å²) in [7, 11) is 0. The molecule has 43 heavy (non-hydrogen) atoms. The SMILES string of the molecule is CC(C)C(=NCCOc1cc(F)cc(F)c1Cl)C(=CN)C(=S)Nc1cc(CC(=O)O)c(N2CC[C@@H](F)C2)cc1C(F)(F)F. The fourth-order valence-electron chi connectivity index (χ4n) is 4.51. The molecule has 234 valence electrons. The summed E-state index contributed by atoms with van der Waals surface area (Å²) in [6, 6.07) is 3.34. The molecular formula is C28H29ClF6N4O3S. The van der Waals surface area contributed by atoms with Crippen molar-refractivity contribution >= 4 is 51.9 Å². The molecule has 1 aliphatic heterocycles. The molecule has 2 aromatic carbocycles. The van der Waals surface area contributed by atoms with E-state index in [0.717, 1.165) is 24.4 Å². The highest BCUT2D eigenvalue weighted by atomic mass is 35.5. The summed E-state index contributed by atoms with van der Waals surface area (Å²) < 4.78 is 89.0. The first-order valence-electron chi connectivity index (χ1n) is 13.0. The molecule has 2 aromatic rings. The number of nitrogens with zero attached hydrogens (tertiary/aromatic N) is 2. The van der Waals surface area contributed by atoms with Crippen LogP contribution < -0.4 is 20.7 Å². The van der Waals surface area contributed by atoms with E-state index in [2.05, 4.69) is 10.3 Å². The van der Waals surface area contributed by atoms with Crippen LogP contribution in [0.15, 0.2) is 41.0 Å². The molecule has 7 nitrogen and oxygen atoms in total. The Bertz CT molecular complexity index is 1430. The number of rotatable bonds is 11. The summed E-state index contributed by atoms with van der Waals surface area (Å²) in [5.74, 6) is -3.74. The molecule has 0 aromatic heterocycles. The van der Waals surface area contributed by atoms with Crippen LogP contribution in [0.3, 0.4) is 0 Å². The summed E-state index contributed by atoms with van der Waals surface area (Å²) in [4.78, 5) is 17.1. The smallest absolute Gasteiger partial charge is 0.418 e. The number of nitrogens with two attached hydrogens (primary N) is 1. The zero-order chi connectivity index (χ0) is 32.1. The molecule has 1 saturated heterocycles. The van der Waals surface area contributed by atoms with Gasteiger partial charge < -0.3 is 25.8 Å². The summed E-state index contributed by atoms with van der Waals surface area (Å²) in [5, 5.41) is 11.5. The number of ether oxygens (including phenoxy) is 1. The van der Waals surface area contributed by atoms with Gasteiger partial charge in [-0.2, -0.15) is 13.2 Å². The molecule has 0 amide bonds. The molecule has 0 bridgehead atoms. The van der Waals surface area contributed by atoms with Crippen LogP contribution >= 0.6 is 23.8 Å². The maximum atomic E-state index is 14.2. The third-order valence-electron chi connectivity index (χ3n) is 6.41. The van der Waals surface area contributed by atoms with Gasteiger partial charge in [0.15, 0.2) is 0 Å². The van der Waals surface area contributed by atoms with Crippen molar-refractivity contribution in [1.82, 2.24) is 0 Å². The Kier molecular flexibility index (Phi) is 11.3. The predicted octanol–water partition coefficient (Wildman–Crippen LogP) is 6.57. The van der Waals surface area contributed by atoms with E-state index in [4.69, 9.17) is 34.3 Å². The van der Waals surface area contributed by atoms with Crippen molar-refractivity contribution in [1.29, 1.82) is 0 Å². The Balaban J connectivity index is 1.90. The molecule has 4 N–H and O–H groups in total. The lowest BCUT2D eigenvalue weighted by Gasteiger charge is -2.25. The van der Waals surface area contributed by atoms with Crippen molar-refractivity contribution in [2.24, 2.45) is 16.6 Å². The van der Waals surface area contributed by atoms with Crippen molar-refractivity contribution in [2.45, 2.75) is 39.0 Å². The number of carbonyl (C=O) groups is 1. The number of hydrogen-bond donors (Lipinski definition) is 3. The highest BCUT2D eigenvalue weighted by Crippen LogP contribution is 2.40. The third-order valence-corrected chi connectivity index (χ3v) is 7.10. The number of carboxylic acid groups (broad SMARTS) is 1. The number of anilines is 2. The quantitative estimate of drug-likeness (QED) is 0.0632. The van der Waals surface area contributed by atoms with Crippen LogP contribution in [-0.2, 0) is 17.4 Å².